The summed E-state index contributed by atoms with van der Waals surface area (Å²) in [5.74, 6) is 5.19. The number of benzene rings is 2. The number of halogens is 1. The topological polar surface area (TPSA) is 88.1 Å². The molecule has 0 aliphatic carbocycles. The number of carboxylic acid groups (broad SMARTS) is 1. The zero-order chi connectivity index (χ0) is 16.9. The highest BCUT2D eigenvalue weighted by molar-refractivity contribution is 6.30. The van der Waals surface area contributed by atoms with E-state index in [1.807, 2.05) is 12.1 Å². The molecule has 6 nitrogen and oxygen atoms in total. The molecule has 7 heteroatoms. The number of carboxylic acids is 1. The zero-order valence-corrected chi connectivity index (χ0v) is 12.9. The maximum absolute atomic E-state index is 11.0. The molecule has 0 amide bonds. The van der Waals surface area contributed by atoms with Crippen LogP contribution in [-0.4, -0.2) is 26.5 Å². The van der Waals surface area contributed by atoms with Crippen molar-refractivity contribution < 1.29 is 14.6 Å². The maximum Gasteiger partial charge on any atom is 0.359 e. The molecule has 2 aromatic carbocycles. The van der Waals surface area contributed by atoms with Crippen LogP contribution in [0.4, 0.5) is 0 Å². The Labute approximate surface area is 142 Å². The SMILES string of the molecule is O=C(O)c1[nH]nnc1Oc1ccc(C#Cc2ccc(Cl)cc2)cc1. The molecule has 0 saturated heterocycles. The lowest BCUT2D eigenvalue weighted by Gasteiger charge is -2.02. The van der Waals surface area contributed by atoms with E-state index < -0.39 is 5.97 Å². The first-order chi connectivity index (χ1) is 11.6. The lowest BCUT2D eigenvalue weighted by atomic mass is 10.2. The second-order valence-corrected chi connectivity index (χ2v) is 5.12. The zero-order valence-electron chi connectivity index (χ0n) is 12.2. The number of H-pyrrole nitrogens is 1. The van der Waals surface area contributed by atoms with Crippen molar-refractivity contribution in [3.05, 3.63) is 70.4 Å². The number of nitrogens with zero attached hydrogens (tertiary/aromatic N) is 2. The van der Waals surface area contributed by atoms with Crippen molar-refractivity contribution in [2.24, 2.45) is 0 Å². The van der Waals surface area contributed by atoms with Gasteiger partial charge in [0.25, 0.3) is 5.88 Å². The molecule has 0 bridgehead atoms. The van der Waals surface area contributed by atoms with Crippen LogP contribution in [0.25, 0.3) is 0 Å². The molecule has 118 valence electrons. The summed E-state index contributed by atoms with van der Waals surface area (Å²) in [7, 11) is 0. The fraction of sp³-hybridized carbons (Fsp3) is 0. The summed E-state index contributed by atoms with van der Waals surface area (Å²) in [5, 5.41) is 18.9. The second-order valence-electron chi connectivity index (χ2n) is 4.68. The number of hydrogen-bond acceptors (Lipinski definition) is 4. The van der Waals surface area contributed by atoms with E-state index in [1.54, 1.807) is 36.4 Å². The van der Waals surface area contributed by atoms with Crippen molar-refractivity contribution in [2.45, 2.75) is 0 Å². The normalized spacial score (nSPS) is 9.88. The summed E-state index contributed by atoms with van der Waals surface area (Å²) < 4.78 is 5.39. The third-order valence-corrected chi connectivity index (χ3v) is 3.25. The Hall–Kier alpha value is -3.30. The molecule has 24 heavy (non-hydrogen) atoms. The minimum Gasteiger partial charge on any atom is -0.476 e. The molecule has 0 radical (unpaired) electrons. The molecule has 1 heterocycles. The van der Waals surface area contributed by atoms with Gasteiger partial charge >= 0.3 is 5.97 Å². The highest BCUT2D eigenvalue weighted by Crippen LogP contribution is 2.21. The van der Waals surface area contributed by atoms with Gasteiger partial charge in [-0.25, -0.2) is 9.89 Å². The van der Waals surface area contributed by atoms with Gasteiger partial charge in [-0.1, -0.05) is 33.8 Å². The number of hydrogen-bond donors (Lipinski definition) is 2. The molecule has 3 aromatic rings. The largest absolute Gasteiger partial charge is 0.476 e. The number of nitrogens with one attached hydrogen (secondary N) is 1. The molecular formula is C17H10ClN3O3. The van der Waals surface area contributed by atoms with Crippen LogP contribution in [0.2, 0.25) is 5.02 Å². The van der Waals surface area contributed by atoms with Crippen LogP contribution in [0.3, 0.4) is 0 Å². The Morgan fingerprint density at radius 1 is 1.04 bits per heavy atom. The number of aromatic nitrogens is 3. The lowest BCUT2D eigenvalue weighted by molar-refractivity contribution is 0.0687. The first-order valence-electron chi connectivity index (χ1n) is 6.81. The number of aromatic carboxylic acids is 1. The predicted octanol–water partition coefficient (Wildman–Crippen LogP) is 3.35. The summed E-state index contributed by atoms with van der Waals surface area (Å²) in [6.45, 7) is 0. The van der Waals surface area contributed by atoms with Crippen LogP contribution in [-0.2, 0) is 0 Å². The van der Waals surface area contributed by atoms with Crippen LogP contribution in [0, 0.1) is 11.8 Å². The highest BCUT2D eigenvalue weighted by atomic mass is 35.5. The third kappa shape index (κ3) is 3.72. The molecule has 0 spiro atoms. The van der Waals surface area contributed by atoms with Gasteiger partial charge in [0.2, 0.25) is 5.69 Å². The molecule has 0 unspecified atom stereocenters. The van der Waals surface area contributed by atoms with E-state index in [1.165, 1.54) is 0 Å². The molecule has 0 saturated carbocycles. The molecule has 0 aliphatic rings. The van der Waals surface area contributed by atoms with Gasteiger partial charge in [-0.3, -0.25) is 0 Å². The summed E-state index contributed by atoms with van der Waals surface area (Å²) in [4.78, 5) is 11.0. The van der Waals surface area contributed by atoms with Crippen LogP contribution < -0.4 is 4.74 Å². The smallest absolute Gasteiger partial charge is 0.359 e. The highest BCUT2D eigenvalue weighted by Gasteiger charge is 2.16. The van der Waals surface area contributed by atoms with E-state index in [-0.39, 0.29) is 11.6 Å². The van der Waals surface area contributed by atoms with Crippen molar-refractivity contribution in [3.63, 3.8) is 0 Å². The number of aromatic amines is 1. The first-order valence-corrected chi connectivity index (χ1v) is 7.19. The molecule has 3 rings (SSSR count). The van der Waals surface area contributed by atoms with Gasteiger partial charge in [-0.2, -0.15) is 0 Å². The van der Waals surface area contributed by atoms with Gasteiger partial charge in [0, 0.05) is 16.1 Å². The Bertz CT molecular complexity index is 922. The monoisotopic (exact) mass is 339 g/mol. The van der Waals surface area contributed by atoms with Crippen LogP contribution in [0.1, 0.15) is 21.6 Å². The maximum atomic E-state index is 11.0. The van der Waals surface area contributed by atoms with Gasteiger partial charge in [0.05, 0.1) is 0 Å². The van der Waals surface area contributed by atoms with Gasteiger partial charge < -0.3 is 9.84 Å². The first kappa shape index (κ1) is 15.6. The van der Waals surface area contributed by atoms with Crippen LogP contribution >= 0.6 is 11.6 Å². The van der Waals surface area contributed by atoms with Gasteiger partial charge in [-0.15, -0.1) is 0 Å². The minimum absolute atomic E-state index is 0.0949. The molecule has 0 atom stereocenters. The van der Waals surface area contributed by atoms with Gasteiger partial charge in [-0.05, 0) is 48.5 Å². The van der Waals surface area contributed by atoms with Crippen molar-refractivity contribution in [1.29, 1.82) is 0 Å². The van der Waals surface area contributed by atoms with E-state index in [9.17, 15) is 4.79 Å². The molecular weight excluding hydrogens is 330 g/mol. The van der Waals surface area contributed by atoms with E-state index in [0.717, 1.165) is 11.1 Å². The summed E-state index contributed by atoms with van der Waals surface area (Å²) in [6.07, 6.45) is 0. The lowest BCUT2D eigenvalue weighted by Crippen LogP contribution is -1.99. The fourth-order valence-electron chi connectivity index (χ4n) is 1.82. The molecule has 0 fully saturated rings. The van der Waals surface area contributed by atoms with Crippen molar-refractivity contribution in [1.82, 2.24) is 15.4 Å². The number of carbonyl (C=O) groups is 1. The Morgan fingerprint density at radius 2 is 1.62 bits per heavy atom. The van der Waals surface area contributed by atoms with Crippen molar-refractivity contribution >= 4 is 17.6 Å². The Kier molecular flexibility index (Phi) is 4.45. The second kappa shape index (κ2) is 6.86. The Balaban J connectivity index is 1.73. The molecule has 0 aliphatic heterocycles. The third-order valence-electron chi connectivity index (χ3n) is 2.99. The van der Waals surface area contributed by atoms with Crippen LogP contribution in [0.5, 0.6) is 11.6 Å². The standard InChI is InChI=1S/C17H10ClN3O3/c18-13-7-3-11(4-8-13)1-2-12-5-9-14(10-6-12)24-16-15(17(22)23)19-21-20-16/h3-10H,(H,22,23)(H,19,20,21). The van der Waals surface area contributed by atoms with E-state index in [0.29, 0.717) is 10.8 Å². The molecule has 1 aromatic heterocycles. The fourth-order valence-corrected chi connectivity index (χ4v) is 1.95. The van der Waals surface area contributed by atoms with Crippen LogP contribution in [0.15, 0.2) is 48.5 Å². The van der Waals surface area contributed by atoms with Crippen molar-refractivity contribution in [3.8, 4) is 23.5 Å². The van der Waals surface area contributed by atoms with E-state index in [2.05, 4.69) is 27.3 Å². The number of ether oxygens (including phenoxy) is 1. The Morgan fingerprint density at radius 3 is 2.21 bits per heavy atom. The minimum atomic E-state index is -1.19. The van der Waals surface area contributed by atoms with Gasteiger partial charge in [0.15, 0.2) is 0 Å². The molecule has 2 N–H and O–H groups in total. The summed E-state index contributed by atoms with van der Waals surface area (Å²) >= 11 is 5.82. The van der Waals surface area contributed by atoms with E-state index >= 15 is 0 Å². The van der Waals surface area contributed by atoms with E-state index in [4.69, 9.17) is 21.4 Å². The van der Waals surface area contributed by atoms with Crippen molar-refractivity contribution in [2.75, 3.05) is 0 Å². The summed E-state index contributed by atoms with van der Waals surface area (Å²) in [6, 6.07) is 14.1. The predicted molar refractivity (Wildman–Crippen MR) is 87.3 cm³/mol. The quantitative estimate of drug-likeness (QED) is 0.714. The average molecular weight is 340 g/mol. The average Bonchev–Trinajstić information content (AvgIpc) is 3.04. The number of rotatable bonds is 3. The van der Waals surface area contributed by atoms with Gasteiger partial charge in [0.1, 0.15) is 5.75 Å². The summed E-state index contributed by atoms with van der Waals surface area (Å²) in [5.41, 5.74) is 1.44.